The van der Waals surface area contributed by atoms with E-state index in [1.54, 1.807) is 11.0 Å². The number of fused-ring (bicyclic) bond motifs is 1. The molecular weight excluding hydrogens is 428 g/mol. The molecule has 7 nitrogen and oxygen atoms in total. The van der Waals surface area contributed by atoms with Gasteiger partial charge in [-0.05, 0) is 61.9 Å². The number of ether oxygens (including phenoxy) is 1. The average Bonchev–Trinajstić information content (AvgIpc) is 3.14. The summed E-state index contributed by atoms with van der Waals surface area (Å²) in [5.74, 6) is -0.344. The summed E-state index contributed by atoms with van der Waals surface area (Å²) in [6.07, 6.45) is 2.52. The number of carbonyl (C=O) groups is 2. The monoisotopic (exact) mass is 456 g/mol. The summed E-state index contributed by atoms with van der Waals surface area (Å²) >= 11 is 0. The second kappa shape index (κ2) is 8.94. The number of piperidine rings is 1. The van der Waals surface area contributed by atoms with Gasteiger partial charge in [0.05, 0.1) is 16.1 Å². The first-order valence-corrected chi connectivity index (χ1v) is 12.4. The van der Waals surface area contributed by atoms with Crippen LogP contribution in [-0.2, 0) is 26.0 Å². The predicted octanol–water partition coefficient (Wildman–Crippen LogP) is 3.24. The lowest BCUT2D eigenvalue weighted by molar-refractivity contribution is -0.135. The molecule has 2 aliphatic rings. The number of likely N-dealkylation sites (tertiary alicyclic amines) is 1. The van der Waals surface area contributed by atoms with Gasteiger partial charge in [0.1, 0.15) is 0 Å². The Morgan fingerprint density at radius 3 is 2.50 bits per heavy atom. The molecule has 0 aromatic heterocycles. The summed E-state index contributed by atoms with van der Waals surface area (Å²) in [6.45, 7) is 5.01. The van der Waals surface area contributed by atoms with Gasteiger partial charge in [-0.1, -0.05) is 31.2 Å². The van der Waals surface area contributed by atoms with Gasteiger partial charge in [-0.25, -0.2) is 13.2 Å². The van der Waals surface area contributed by atoms with Crippen LogP contribution in [-0.4, -0.2) is 50.9 Å². The highest BCUT2D eigenvalue weighted by Gasteiger charge is 2.36. The Morgan fingerprint density at radius 1 is 1.03 bits per heavy atom. The number of para-hydroxylation sites is 1. The SMILES string of the molecule is CC1CCN(C(=O)COC(=O)c2cccc(S(=O)(=O)N3c4ccccc4CC3C)c2)CC1. The molecule has 0 radical (unpaired) electrons. The minimum absolute atomic E-state index is 0.0202. The lowest BCUT2D eigenvalue weighted by Gasteiger charge is -2.30. The molecular formula is C24H28N2O5S. The third-order valence-electron chi connectivity index (χ3n) is 6.23. The van der Waals surface area contributed by atoms with E-state index in [4.69, 9.17) is 4.74 Å². The molecule has 1 amide bonds. The molecule has 0 spiro atoms. The van der Waals surface area contributed by atoms with Crippen LogP contribution in [0.1, 0.15) is 42.6 Å². The first-order valence-electron chi connectivity index (χ1n) is 10.9. The zero-order valence-corrected chi connectivity index (χ0v) is 19.2. The Labute approximate surface area is 189 Å². The van der Waals surface area contributed by atoms with E-state index in [1.807, 2.05) is 25.1 Å². The molecule has 4 rings (SSSR count). The molecule has 2 aliphatic heterocycles. The van der Waals surface area contributed by atoms with E-state index in [0.29, 0.717) is 31.1 Å². The predicted molar refractivity (Wildman–Crippen MR) is 121 cm³/mol. The summed E-state index contributed by atoms with van der Waals surface area (Å²) in [5, 5.41) is 0. The van der Waals surface area contributed by atoms with Crippen molar-refractivity contribution in [2.24, 2.45) is 5.92 Å². The Bertz CT molecular complexity index is 1120. The molecule has 2 heterocycles. The van der Waals surface area contributed by atoms with Crippen LogP contribution >= 0.6 is 0 Å². The van der Waals surface area contributed by atoms with E-state index in [-0.39, 0.29) is 29.0 Å². The van der Waals surface area contributed by atoms with Crippen molar-refractivity contribution in [2.45, 2.75) is 44.0 Å². The number of benzene rings is 2. The van der Waals surface area contributed by atoms with Crippen LogP contribution < -0.4 is 4.31 Å². The van der Waals surface area contributed by atoms with Gasteiger partial charge in [0.15, 0.2) is 6.61 Å². The normalized spacial score (nSPS) is 19.0. The first kappa shape index (κ1) is 22.3. The van der Waals surface area contributed by atoms with Crippen LogP contribution in [0.2, 0.25) is 0 Å². The maximum absolute atomic E-state index is 13.4. The van der Waals surface area contributed by atoms with Crippen molar-refractivity contribution >= 4 is 27.6 Å². The lowest BCUT2D eigenvalue weighted by Crippen LogP contribution is -2.40. The second-order valence-corrected chi connectivity index (χ2v) is 10.5. The van der Waals surface area contributed by atoms with Gasteiger partial charge in [-0.3, -0.25) is 9.10 Å². The number of rotatable bonds is 5. The molecule has 1 unspecified atom stereocenters. The number of nitrogens with zero attached hydrogens (tertiary/aromatic N) is 2. The largest absolute Gasteiger partial charge is 0.452 e. The number of anilines is 1. The fourth-order valence-corrected chi connectivity index (χ4v) is 6.10. The summed E-state index contributed by atoms with van der Waals surface area (Å²) in [4.78, 5) is 26.6. The molecule has 0 saturated carbocycles. The van der Waals surface area contributed by atoms with Gasteiger partial charge in [0, 0.05) is 19.1 Å². The molecule has 2 aromatic rings. The Kier molecular flexibility index (Phi) is 6.24. The summed E-state index contributed by atoms with van der Waals surface area (Å²) in [6, 6.07) is 13.0. The van der Waals surface area contributed by atoms with Gasteiger partial charge in [-0.15, -0.1) is 0 Å². The van der Waals surface area contributed by atoms with E-state index >= 15 is 0 Å². The zero-order valence-electron chi connectivity index (χ0n) is 18.4. The van der Waals surface area contributed by atoms with Gasteiger partial charge >= 0.3 is 5.97 Å². The van der Waals surface area contributed by atoms with Crippen molar-refractivity contribution in [2.75, 3.05) is 24.0 Å². The first-order chi connectivity index (χ1) is 15.3. The summed E-state index contributed by atoms with van der Waals surface area (Å²) < 4.78 is 33.4. The van der Waals surface area contributed by atoms with Crippen LogP contribution in [0.15, 0.2) is 53.4 Å². The van der Waals surface area contributed by atoms with E-state index in [2.05, 4.69) is 6.92 Å². The average molecular weight is 457 g/mol. The van der Waals surface area contributed by atoms with Crippen molar-refractivity contribution in [3.8, 4) is 0 Å². The molecule has 1 fully saturated rings. The standard InChI is InChI=1S/C24H28N2O5S/c1-17-10-12-25(13-11-17)23(27)16-31-24(28)20-7-5-8-21(15-20)32(29,30)26-18(2)14-19-6-3-4-9-22(19)26/h3-9,15,17-18H,10-14,16H2,1-2H3. The van der Waals surface area contributed by atoms with E-state index in [0.717, 1.165) is 18.4 Å². The van der Waals surface area contributed by atoms with Crippen LogP contribution in [0.4, 0.5) is 5.69 Å². The van der Waals surface area contributed by atoms with Gasteiger partial charge in [0.2, 0.25) is 0 Å². The maximum atomic E-state index is 13.4. The van der Waals surface area contributed by atoms with Crippen LogP contribution in [0.5, 0.6) is 0 Å². The maximum Gasteiger partial charge on any atom is 0.338 e. The summed E-state index contributed by atoms with van der Waals surface area (Å²) in [5.41, 5.74) is 1.74. The fourth-order valence-electron chi connectivity index (χ4n) is 4.36. The Balaban J connectivity index is 1.47. The molecule has 1 saturated heterocycles. The molecule has 8 heteroatoms. The molecule has 1 atom stereocenters. The van der Waals surface area contributed by atoms with Crippen molar-refractivity contribution in [3.05, 3.63) is 59.7 Å². The molecule has 0 N–H and O–H groups in total. The van der Waals surface area contributed by atoms with Crippen molar-refractivity contribution in [1.29, 1.82) is 0 Å². The highest BCUT2D eigenvalue weighted by molar-refractivity contribution is 7.92. The van der Waals surface area contributed by atoms with E-state index < -0.39 is 16.0 Å². The van der Waals surface area contributed by atoms with Crippen LogP contribution in [0.25, 0.3) is 0 Å². The molecule has 0 bridgehead atoms. The smallest absolute Gasteiger partial charge is 0.338 e. The summed E-state index contributed by atoms with van der Waals surface area (Å²) in [7, 11) is -3.86. The van der Waals surface area contributed by atoms with Gasteiger partial charge in [-0.2, -0.15) is 0 Å². The van der Waals surface area contributed by atoms with E-state index in [1.165, 1.54) is 28.6 Å². The minimum Gasteiger partial charge on any atom is -0.452 e. The molecule has 2 aromatic carbocycles. The number of amides is 1. The molecule has 32 heavy (non-hydrogen) atoms. The number of carbonyl (C=O) groups excluding carboxylic acids is 2. The highest BCUT2D eigenvalue weighted by atomic mass is 32.2. The highest BCUT2D eigenvalue weighted by Crippen LogP contribution is 2.36. The Morgan fingerprint density at radius 2 is 1.75 bits per heavy atom. The fraction of sp³-hybridized carbons (Fsp3) is 0.417. The number of esters is 1. The third kappa shape index (κ3) is 4.37. The quantitative estimate of drug-likeness (QED) is 0.645. The minimum atomic E-state index is -3.86. The second-order valence-electron chi connectivity index (χ2n) is 8.65. The molecule has 170 valence electrons. The van der Waals surface area contributed by atoms with E-state index in [9.17, 15) is 18.0 Å². The third-order valence-corrected chi connectivity index (χ3v) is 8.16. The number of hydrogen-bond acceptors (Lipinski definition) is 5. The van der Waals surface area contributed by atoms with Crippen molar-refractivity contribution in [1.82, 2.24) is 4.90 Å². The van der Waals surface area contributed by atoms with Crippen LogP contribution in [0.3, 0.4) is 0 Å². The van der Waals surface area contributed by atoms with Crippen LogP contribution in [0, 0.1) is 5.92 Å². The topological polar surface area (TPSA) is 84.0 Å². The zero-order chi connectivity index (χ0) is 22.9. The van der Waals surface area contributed by atoms with Crippen molar-refractivity contribution in [3.63, 3.8) is 0 Å². The Hall–Kier alpha value is -2.87. The number of sulfonamides is 1. The molecule has 0 aliphatic carbocycles. The number of hydrogen-bond donors (Lipinski definition) is 0. The van der Waals surface area contributed by atoms with Gasteiger partial charge < -0.3 is 9.64 Å². The van der Waals surface area contributed by atoms with Gasteiger partial charge in [0.25, 0.3) is 15.9 Å². The lowest BCUT2D eigenvalue weighted by atomic mass is 9.99. The van der Waals surface area contributed by atoms with Crippen molar-refractivity contribution < 1.29 is 22.7 Å².